The lowest BCUT2D eigenvalue weighted by atomic mass is 10.1. The summed E-state index contributed by atoms with van der Waals surface area (Å²) in [6, 6.07) is 10.4. The van der Waals surface area contributed by atoms with Gasteiger partial charge in [0.25, 0.3) is 0 Å². The van der Waals surface area contributed by atoms with Crippen LogP contribution in [0.4, 0.5) is 0 Å². The zero-order chi connectivity index (χ0) is 16.5. The van der Waals surface area contributed by atoms with Crippen molar-refractivity contribution in [3.8, 4) is 0 Å². The molecule has 0 saturated carbocycles. The van der Waals surface area contributed by atoms with E-state index in [9.17, 15) is 0 Å². The molecular weight excluding hydrogens is 286 g/mol. The van der Waals surface area contributed by atoms with E-state index in [2.05, 4.69) is 58.5 Å². The summed E-state index contributed by atoms with van der Waals surface area (Å²) in [5.41, 5.74) is 2.54. The molecule has 0 aliphatic carbocycles. The van der Waals surface area contributed by atoms with Crippen molar-refractivity contribution in [3.05, 3.63) is 53.9 Å². The van der Waals surface area contributed by atoms with Crippen LogP contribution in [0.2, 0.25) is 0 Å². The Balaban J connectivity index is 1.99. The average Bonchev–Trinajstić information content (AvgIpc) is 3.08. The summed E-state index contributed by atoms with van der Waals surface area (Å²) >= 11 is 0. The number of benzene rings is 1. The maximum atomic E-state index is 4.38. The van der Waals surface area contributed by atoms with Gasteiger partial charge in [-0.3, -0.25) is 9.67 Å². The lowest BCUT2D eigenvalue weighted by Crippen LogP contribution is -2.39. The highest BCUT2D eigenvalue weighted by Gasteiger charge is 2.07. The molecule has 5 heteroatoms. The van der Waals surface area contributed by atoms with E-state index in [-0.39, 0.29) is 0 Å². The molecule has 2 rings (SSSR count). The Bertz CT molecular complexity index is 604. The zero-order valence-electron chi connectivity index (χ0n) is 14.4. The van der Waals surface area contributed by atoms with Crippen molar-refractivity contribution in [3.63, 3.8) is 0 Å². The minimum absolute atomic E-state index is 0.764. The number of guanidine groups is 1. The van der Waals surface area contributed by atoms with Gasteiger partial charge in [-0.05, 0) is 23.6 Å². The quantitative estimate of drug-likeness (QED) is 0.631. The van der Waals surface area contributed by atoms with Gasteiger partial charge in [0.05, 0.1) is 6.54 Å². The van der Waals surface area contributed by atoms with E-state index in [1.165, 1.54) is 24.0 Å². The average molecular weight is 313 g/mol. The Kier molecular flexibility index (Phi) is 6.66. The molecule has 1 aromatic heterocycles. The van der Waals surface area contributed by atoms with E-state index >= 15 is 0 Å². The summed E-state index contributed by atoms with van der Waals surface area (Å²) < 4.78 is 1.95. The molecule has 0 aliphatic heterocycles. The second-order valence-electron chi connectivity index (χ2n) is 5.65. The van der Waals surface area contributed by atoms with Gasteiger partial charge in [-0.1, -0.05) is 37.6 Å². The molecule has 1 aromatic carbocycles. The fourth-order valence-electron chi connectivity index (χ4n) is 2.51. The maximum Gasteiger partial charge on any atom is 0.193 e. The smallest absolute Gasteiger partial charge is 0.193 e. The zero-order valence-corrected chi connectivity index (χ0v) is 14.4. The van der Waals surface area contributed by atoms with E-state index in [1.54, 1.807) is 0 Å². The van der Waals surface area contributed by atoms with Gasteiger partial charge in [-0.25, -0.2) is 0 Å². The molecule has 0 unspecified atom stereocenters. The first kappa shape index (κ1) is 17.1. The number of hydrogen-bond acceptors (Lipinski definition) is 2. The lowest BCUT2D eigenvalue weighted by molar-refractivity contribution is 0.464. The standard InChI is InChI=1S/C18H27N5/c1-4-5-12-22(3)18(19-2)20-14-16-9-6-7-10-17(16)15-23-13-8-11-21-23/h6-11,13H,4-5,12,14-15H2,1-3H3,(H,19,20). The van der Waals surface area contributed by atoms with E-state index in [4.69, 9.17) is 0 Å². The summed E-state index contributed by atoms with van der Waals surface area (Å²) in [5, 5.41) is 7.75. The van der Waals surface area contributed by atoms with Crippen molar-refractivity contribution >= 4 is 5.96 Å². The van der Waals surface area contributed by atoms with Crippen LogP contribution in [0.3, 0.4) is 0 Å². The van der Waals surface area contributed by atoms with Crippen LogP contribution in [0.25, 0.3) is 0 Å². The molecule has 1 heterocycles. The summed E-state index contributed by atoms with van der Waals surface area (Å²) in [5.74, 6) is 0.937. The van der Waals surface area contributed by atoms with Crippen LogP contribution in [0, 0.1) is 0 Å². The predicted octanol–water partition coefficient (Wildman–Crippen LogP) is 2.74. The molecule has 0 bridgehead atoms. The molecule has 124 valence electrons. The van der Waals surface area contributed by atoms with Crippen LogP contribution >= 0.6 is 0 Å². The monoisotopic (exact) mass is 313 g/mol. The van der Waals surface area contributed by atoms with Crippen molar-refractivity contribution in [2.24, 2.45) is 4.99 Å². The van der Waals surface area contributed by atoms with Gasteiger partial charge in [-0.2, -0.15) is 5.10 Å². The van der Waals surface area contributed by atoms with Crippen molar-refractivity contribution < 1.29 is 0 Å². The van der Waals surface area contributed by atoms with Crippen LogP contribution in [0.15, 0.2) is 47.7 Å². The summed E-state index contributed by atoms with van der Waals surface area (Å²) in [4.78, 5) is 6.56. The number of aliphatic imine (C=N–C) groups is 1. The van der Waals surface area contributed by atoms with Gasteiger partial charge < -0.3 is 10.2 Å². The second-order valence-corrected chi connectivity index (χ2v) is 5.65. The third-order valence-corrected chi connectivity index (χ3v) is 3.87. The van der Waals surface area contributed by atoms with Crippen molar-refractivity contribution in [1.82, 2.24) is 20.0 Å². The highest BCUT2D eigenvalue weighted by atomic mass is 15.3. The highest BCUT2D eigenvalue weighted by Crippen LogP contribution is 2.10. The number of unbranched alkanes of at least 4 members (excludes halogenated alkanes) is 1. The summed E-state index contributed by atoms with van der Waals surface area (Å²) in [6.45, 7) is 4.77. The second kappa shape index (κ2) is 8.98. The lowest BCUT2D eigenvalue weighted by Gasteiger charge is -2.22. The number of aromatic nitrogens is 2. The van der Waals surface area contributed by atoms with Crippen molar-refractivity contribution in [2.75, 3.05) is 20.6 Å². The minimum atomic E-state index is 0.764. The van der Waals surface area contributed by atoms with Gasteiger partial charge >= 0.3 is 0 Å². The van der Waals surface area contributed by atoms with Gasteiger partial charge in [0.1, 0.15) is 0 Å². The van der Waals surface area contributed by atoms with Gasteiger partial charge in [0.15, 0.2) is 5.96 Å². The van der Waals surface area contributed by atoms with Gasteiger partial charge in [-0.15, -0.1) is 0 Å². The van der Waals surface area contributed by atoms with E-state index in [0.717, 1.165) is 25.6 Å². The molecule has 0 saturated heterocycles. The molecular formula is C18H27N5. The first-order valence-electron chi connectivity index (χ1n) is 8.20. The third-order valence-electron chi connectivity index (χ3n) is 3.87. The molecule has 5 nitrogen and oxygen atoms in total. The van der Waals surface area contributed by atoms with Crippen LogP contribution in [0.1, 0.15) is 30.9 Å². The molecule has 0 radical (unpaired) electrons. The number of hydrogen-bond donors (Lipinski definition) is 1. The van der Waals surface area contributed by atoms with Crippen LogP contribution in [0.5, 0.6) is 0 Å². The Morgan fingerprint density at radius 2 is 2.04 bits per heavy atom. The van der Waals surface area contributed by atoms with E-state index in [1.807, 2.05) is 30.2 Å². The van der Waals surface area contributed by atoms with Gasteiger partial charge in [0.2, 0.25) is 0 Å². The van der Waals surface area contributed by atoms with Gasteiger partial charge in [0, 0.05) is 39.6 Å². The predicted molar refractivity (Wildman–Crippen MR) is 95.5 cm³/mol. The first-order valence-corrected chi connectivity index (χ1v) is 8.20. The fraction of sp³-hybridized carbons (Fsp3) is 0.444. The number of nitrogens with one attached hydrogen (secondary N) is 1. The first-order chi connectivity index (χ1) is 11.2. The molecule has 2 aromatic rings. The number of nitrogens with zero attached hydrogens (tertiary/aromatic N) is 4. The molecule has 0 amide bonds. The van der Waals surface area contributed by atoms with Crippen molar-refractivity contribution in [1.29, 1.82) is 0 Å². The summed E-state index contributed by atoms with van der Waals surface area (Å²) in [7, 11) is 3.92. The Labute approximate surface area is 139 Å². The molecule has 0 spiro atoms. The van der Waals surface area contributed by atoms with Crippen molar-refractivity contribution in [2.45, 2.75) is 32.9 Å². The van der Waals surface area contributed by atoms with E-state index in [0.29, 0.717) is 0 Å². The Hall–Kier alpha value is -2.30. The Morgan fingerprint density at radius 1 is 1.26 bits per heavy atom. The largest absolute Gasteiger partial charge is 0.352 e. The van der Waals surface area contributed by atoms with Crippen LogP contribution < -0.4 is 5.32 Å². The number of rotatable bonds is 7. The highest BCUT2D eigenvalue weighted by molar-refractivity contribution is 5.79. The van der Waals surface area contributed by atoms with E-state index < -0.39 is 0 Å². The third kappa shape index (κ3) is 5.13. The molecule has 0 atom stereocenters. The fourth-order valence-corrected chi connectivity index (χ4v) is 2.51. The normalized spacial score (nSPS) is 11.5. The van der Waals surface area contributed by atoms with Crippen LogP contribution in [-0.4, -0.2) is 41.3 Å². The topological polar surface area (TPSA) is 45.5 Å². The molecule has 1 N–H and O–H groups in total. The Morgan fingerprint density at radius 3 is 2.70 bits per heavy atom. The van der Waals surface area contributed by atoms with Crippen LogP contribution in [-0.2, 0) is 13.1 Å². The molecule has 23 heavy (non-hydrogen) atoms. The minimum Gasteiger partial charge on any atom is -0.352 e. The molecule has 0 aliphatic rings. The molecule has 0 fully saturated rings. The summed E-state index contributed by atoms with van der Waals surface area (Å²) in [6.07, 6.45) is 6.16. The SMILES string of the molecule is CCCCN(C)C(=NC)NCc1ccccc1Cn1cccn1. The maximum absolute atomic E-state index is 4.38.